The lowest BCUT2D eigenvalue weighted by Crippen LogP contribution is -2.11. The minimum atomic E-state index is -0.106. The maximum Gasteiger partial charge on any atom is 0.145 e. The van der Waals surface area contributed by atoms with E-state index in [1.807, 2.05) is 48.5 Å². The molecular weight excluding hydrogens is 713 g/mol. The molecule has 0 saturated carbocycles. The van der Waals surface area contributed by atoms with Gasteiger partial charge in [0.2, 0.25) is 0 Å². The predicted molar refractivity (Wildman–Crippen MR) is 237 cm³/mol. The highest BCUT2D eigenvalue weighted by Gasteiger charge is 2.27. The van der Waals surface area contributed by atoms with E-state index >= 15 is 0 Å². The Morgan fingerprint density at radius 1 is 0.448 bits per heavy atom. The van der Waals surface area contributed by atoms with Crippen LogP contribution in [0.15, 0.2) is 130 Å². The van der Waals surface area contributed by atoms with Crippen LogP contribution in [0, 0.1) is 22.7 Å². The van der Waals surface area contributed by atoms with Crippen LogP contribution in [0.25, 0.3) is 98.9 Å². The number of benzene rings is 7. The zero-order valence-electron chi connectivity index (χ0n) is 33.2. The molecule has 58 heavy (non-hydrogen) atoms. The van der Waals surface area contributed by atoms with Crippen molar-refractivity contribution in [2.45, 2.75) is 52.4 Å². The van der Waals surface area contributed by atoms with Gasteiger partial charge in [-0.3, -0.25) is 0 Å². The van der Waals surface area contributed by atoms with Crippen LogP contribution in [0.5, 0.6) is 0 Å². The summed E-state index contributed by atoms with van der Waals surface area (Å²) >= 11 is 0. The zero-order valence-corrected chi connectivity index (χ0v) is 33.2. The Hall–Kier alpha value is -7.28. The average molecular weight is 751 g/mol. The first kappa shape index (κ1) is 34.0. The Bertz CT molecular complexity index is 3440. The van der Waals surface area contributed by atoms with Crippen molar-refractivity contribution in [2.75, 3.05) is 0 Å². The summed E-state index contributed by atoms with van der Waals surface area (Å²) in [5.74, 6) is 0. The minimum Gasteiger partial charge on any atom is -0.455 e. The van der Waals surface area contributed by atoms with Crippen LogP contribution in [0.4, 0.5) is 0 Å². The smallest absolute Gasteiger partial charge is 0.145 e. The van der Waals surface area contributed by atoms with E-state index in [1.54, 1.807) is 0 Å². The molecule has 0 bridgehead atoms. The van der Waals surface area contributed by atoms with Crippen molar-refractivity contribution in [1.82, 2.24) is 9.13 Å². The number of rotatable bonds is 2. The van der Waals surface area contributed by atoms with Crippen molar-refractivity contribution in [3.8, 4) is 23.5 Å². The summed E-state index contributed by atoms with van der Waals surface area (Å²) < 4.78 is 17.6. The maximum atomic E-state index is 11.4. The molecule has 4 heterocycles. The van der Waals surface area contributed by atoms with Crippen molar-refractivity contribution in [3.63, 3.8) is 0 Å². The molecular formula is C52H38N4O2. The number of nitrogens with zero attached hydrogens (tertiary/aromatic N) is 4. The number of para-hydroxylation sites is 2. The van der Waals surface area contributed by atoms with E-state index in [4.69, 9.17) is 8.83 Å². The number of furan rings is 2. The monoisotopic (exact) mass is 750 g/mol. The predicted octanol–water partition coefficient (Wildman–Crippen LogP) is 14.0. The molecule has 4 aromatic heterocycles. The molecule has 0 atom stereocenters. The topological polar surface area (TPSA) is 83.7 Å². The van der Waals surface area contributed by atoms with E-state index in [2.05, 4.69) is 136 Å². The second kappa shape index (κ2) is 11.6. The average Bonchev–Trinajstić information content (AvgIpc) is 3.96. The van der Waals surface area contributed by atoms with E-state index in [0.29, 0.717) is 22.5 Å². The Kier molecular flexibility index (Phi) is 6.82. The highest BCUT2D eigenvalue weighted by molar-refractivity contribution is 6.25. The quantitative estimate of drug-likeness (QED) is 0.176. The summed E-state index contributed by atoms with van der Waals surface area (Å²) in [4.78, 5) is 0. The molecule has 6 nitrogen and oxygen atoms in total. The summed E-state index contributed by atoms with van der Waals surface area (Å²) in [6.45, 7) is 13.3. The largest absolute Gasteiger partial charge is 0.455 e. The third-order valence-corrected chi connectivity index (χ3v) is 12.1. The van der Waals surface area contributed by atoms with Crippen LogP contribution < -0.4 is 0 Å². The maximum absolute atomic E-state index is 11.4. The van der Waals surface area contributed by atoms with Gasteiger partial charge in [0.15, 0.2) is 0 Å². The fraction of sp³-hybridized carbons (Fsp3) is 0.154. The van der Waals surface area contributed by atoms with Gasteiger partial charge in [-0.15, -0.1) is 0 Å². The Labute approximate surface area is 334 Å². The number of nitriles is 2. The van der Waals surface area contributed by atoms with Gasteiger partial charge in [-0.1, -0.05) is 90.1 Å². The lowest BCUT2D eigenvalue weighted by atomic mass is 9.86. The van der Waals surface area contributed by atoms with E-state index in [0.717, 1.165) is 87.5 Å². The molecule has 7 aromatic carbocycles. The molecule has 0 amide bonds. The molecule has 0 aliphatic rings. The second-order valence-electron chi connectivity index (χ2n) is 17.6. The molecule has 11 rings (SSSR count). The Morgan fingerprint density at radius 2 is 0.879 bits per heavy atom. The first-order chi connectivity index (χ1) is 27.9. The second-order valence-corrected chi connectivity index (χ2v) is 17.6. The summed E-state index contributed by atoms with van der Waals surface area (Å²) in [6.07, 6.45) is 0. The lowest BCUT2D eigenvalue weighted by Gasteiger charge is -2.20. The molecule has 0 unspecified atom stereocenters. The Balaban J connectivity index is 1.29. The fourth-order valence-corrected chi connectivity index (χ4v) is 9.17. The summed E-state index contributed by atoms with van der Waals surface area (Å²) in [7, 11) is 0. The normalized spacial score (nSPS) is 12.6. The number of hydrogen-bond donors (Lipinski definition) is 0. The molecule has 0 N–H and O–H groups in total. The molecule has 0 aliphatic carbocycles. The van der Waals surface area contributed by atoms with Crippen molar-refractivity contribution in [3.05, 3.63) is 144 Å². The highest BCUT2D eigenvalue weighted by Crippen LogP contribution is 2.45. The summed E-state index contributed by atoms with van der Waals surface area (Å²) in [5, 5.41) is 30.3. The van der Waals surface area contributed by atoms with Crippen LogP contribution >= 0.6 is 0 Å². The van der Waals surface area contributed by atoms with Crippen molar-refractivity contribution in [2.24, 2.45) is 0 Å². The van der Waals surface area contributed by atoms with E-state index in [-0.39, 0.29) is 10.8 Å². The minimum absolute atomic E-state index is 0.106. The van der Waals surface area contributed by atoms with Crippen LogP contribution in [0.2, 0.25) is 0 Å². The summed E-state index contributed by atoms with van der Waals surface area (Å²) in [5.41, 5.74) is 11.2. The number of aromatic nitrogens is 2. The molecule has 0 aliphatic heterocycles. The van der Waals surface area contributed by atoms with Crippen LogP contribution in [-0.4, -0.2) is 9.13 Å². The van der Waals surface area contributed by atoms with Gasteiger partial charge in [0.1, 0.15) is 34.0 Å². The first-order valence-electron chi connectivity index (χ1n) is 19.7. The molecule has 0 spiro atoms. The third kappa shape index (κ3) is 4.63. The van der Waals surface area contributed by atoms with Crippen LogP contribution in [-0.2, 0) is 10.8 Å². The molecule has 6 heteroatoms. The molecule has 0 fully saturated rings. The van der Waals surface area contributed by atoms with Crippen molar-refractivity contribution in [1.29, 1.82) is 10.5 Å². The van der Waals surface area contributed by atoms with Gasteiger partial charge in [0.25, 0.3) is 0 Å². The molecule has 0 radical (unpaired) electrons. The SMILES string of the molecule is CC(C)(C)c1ccc2c(c1)c1c3oc4ccccc4c3ccc1n2-c1cc(C#N)cc(-n2c3ccc(C(C)(C)C)cc3c3c4oc5ccccc5c4ccc32)c1C#N. The standard InChI is InChI=1S/C52H38N4O2/c1-51(2,3)30-15-19-39-36(25-30)47-41(21-17-34-32-11-7-9-13-45(32)57-49(34)47)55(39)43-23-29(27-53)24-44(38(43)28-54)56-40-20-16-31(52(4,5)6)26-37(40)48-42(56)22-18-35-33-12-8-10-14-46(33)58-50(35)48/h7-26H,1-6H3. The van der Waals surface area contributed by atoms with Gasteiger partial charge in [-0.25, -0.2) is 0 Å². The summed E-state index contributed by atoms with van der Waals surface area (Å²) in [6, 6.07) is 46.7. The van der Waals surface area contributed by atoms with Crippen molar-refractivity contribution >= 4 is 87.5 Å². The highest BCUT2D eigenvalue weighted by atomic mass is 16.3. The lowest BCUT2D eigenvalue weighted by molar-refractivity contribution is 0.591. The molecule has 0 saturated heterocycles. The van der Waals surface area contributed by atoms with E-state index < -0.39 is 0 Å². The fourth-order valence-electron chi connectivity index (χ4n) is 9.17. The Morgan fingerprint density at radius 3 is 1.29 bits per heavy atom. The third-order valence-electron chi connectivity index (χ3n) is 12.1. The van der Waals surface area contributed by atoms with Gasteiger partial charge in [-0.2, -0.15) is 10.5 Å². The van der Waals surface area contributed by atoms with Gasteiger partial charge in [0.05, 0.1) is 55.8 Å². The van der Waals surface area contributed by atoms with Gasteiger partial charge >= 0.3 is 0 Å². The van der Waals surface area contributed by atoms with E-state index in [1.165, 1.54) is 11.1 Å². The van der Waals surface area contributed by atoms with E-state index in [9.17, 15) is 10.5 Å². The van der Waals surface area contributed by atoms with Crippen molar-refractivity contribution < 1.29 is 8.83 Å². The number of fused-ring (bicyclic) bond motifs is 14. The zero-order chi connectivity index (χ0) is 39.8. The van der Waals surface area contributed by atoms with Gasteiger partial charge in [0, 0.05) is 32.3 Å². The molecule has 11 aromatic rings. The van der Waals surface area contributed by atoms with Crippen LogP contribution in [0.1, 0.15) is 63.8 Å². The van der Waals surface area contributed by atoms with Gasteiger partial charge < -0.3 is 18.0 Å². The molecule has 278 valence electrons. The number of hydrogen-bond acceptors (Lipinski definition) is 4. The van der Waals surface area contributed by atoms with Gasteiger partial charge in [-0.05, 0) is 94.8 Å². The first-order valence-corrected chi connectivity index (χ1v) is 19.7. The van der Waals surface area contributed by atoms with Crippen LogP contribution in [0.3, 0.4) is 0 Å².